The van der Waals surface area contributed by atoms with Crippen LogP contribution in [0, 0.1) is 0 Å². The molecular formula is C16H17NO. The summed E-state index contributed by atoms with van der Waals surface area (Å²) in [4.78, 5) is 0. The van der Waals surface area contributed by atoms with E-state index in [4.69, 9.17) is 4.74 Å². The van der Waals surface area contributed by atoms with Gasteiger partial charge in [0.15, 0.2) is 5.75 Å². The van der Waals surface area contributed by atoms with Gasteiger partial charge in [-0.3, -0.25) is 0 Å². The lowest BCUT2D eigenvalue weighted by Crippen LogP contribution is -2.27. The minimum atomic E-state index is 0.616. The van der Waals surface area contributed by atoms with Crippen LogP contribution in [0.5, 0.6) is 11.5 Å². The van der Waals surface area contributed by atoms with Crippen LogP contribution in [0.4, 0.5) is 5.69 Å². The topological polar surface area (TPSA) is 21.3 Å². The Morgan fingerprint density at radius 2 is 1.61 bits per heavy atom. The molecular weight excluding hydrogens is 222 g/mol. The van der Waals surface area contributed by atoms with Gasteiger partial charge < -0.3 is 10.1 Å². The molecule has 0 amide bonds. The molecule has 3 rings (SSSR count). The molecule has 1 aliphatic carbocycles. The summed E-state index contributed by atoms with van der Waals surface area (Å²) in [5.41, 5.74) is 1.09. The Balaban J connectivity index is 1.78. The number of hydrogen-bond acceptors (Lipinski definition) is 2. The Morgan fingerprint density at radius 1 is 0.889 bits per heavy atom. The van der Waals surface area contributed by atoms with Crippen molar-refractivity contribution in [2.45, 2.75) is 25.3 Å². The fourth-order valence-electron chi connectivity index (χ4n) is 2.06. The lowest BCUT2D eigenvalue weighted by molar-refractivity contribution is 0.439. The summed E-state index contributed by atoms with van der Waals surface area (Å²) in [6.07, 6.45) is 3.86. The molecule has 18 heavy (non-hydrogen) atoms. The van der Waals surface area contributed by atoms with E-state index in [1.165, 1.54) is 19.3 Å². The van der Waals surface area contributed by atoms with Crippen LogP contribution in [0.15, 0.2) is 54.6 Å². The van der Waals surface area contributed by atoms with Crippen molar-refractivity contribution in [3.8, 4) is 11.5 Å². The van der Waals surface area contributed by atoms with Crippen molar-refractivity contribution >= 4 is 5.69 Å². The molecule has 2 aromatic rings. The molecule has 92 valence electrons. The van der Waals surface area contributed by atoms with E-state index < -0.39 is 0 Å². The fourth-order valence-corrected chi connectivity index (χ4v) is 2.06. The second-order valence-corrected chi connectivity index (χ2v) is 4.68. The highest BCUT2D eigenvalue weighted by Gasteiger charge is 2.18. The maximum atomic E-state index is 5.92. The molecule has 1 fully saturated rings. The first-order valence-corrected chi connectivity index (χ1v) is 6.50. The van der Waals surface area contributed by atoms with Crippen molar-refractivity contribution in [2.75, 3.05) is 5.32 Å². The van der Waals surface area contributed by atoms with E-state index >= 15 is 0 Å². The molecule has 0 heterocycles. The first kappa shape index (κ1) is 11.1. The second kappa shape index (κ2) is 5.13. The van der Waals surface area contributed by atoms with Crippen molar-refractivity contribution < 1.29 is 4.74 Å². The summed E-state index contributed by atoms with van der Waals surface area (Å²) in [6.45, 7) is 0. The summed E-state index contributed by atoms with van der Waals surface area (Å²) in [5.74, 6) is 1.77. The third-order valence-electron chi connectivity index (χ3n) is 3.32. The van der Waals surface area contributed by atoms with Crippen LogP contribution in [0.2, 0.25) is 0 Å². The van der Waals surface area contributed by atoms with Crippen molar-refractivity contribution in [3.05, 3.63) is 54.6 Å². The number of anilines is 1. The van der Waals surface area contributed by atoms with Gasteiger partial charge in [-0.15, -0.1) is 0 Å². The maximum Gasteiger partial charge on any atom is 0.150 e. The van der Waals surface area contributed by atoms with Gasteiger partial charge in [0.25, 0.3) is 0 Å². The molecule has 0 radical (unpaired) electrons. The van der Waals surface area contributed by atoms with Crippen molar-refractivity contribution in [3.63, 3.8) is 0 Å². The van der Waals surface area contributed by atoms with Crippen LogP contribution in [0.1, 0.15) is 19.3 Å². The molecule has 0 atom stereocenters. The Labute approximate surface area is 108 Å². The van der Waals surface area contributed by atoms with Gasteiger partial charge in [0.1, 0.15) is 5.75 Å². The molecule has 0 spiro atoms. The van der Waals surface area contributed by atoms with E-state index in [1.807, 2.05) is 48.5 Å². The normalized spacial score (nSPS) is 14.9. The van der Waals surface area contributed by atoms with Crippen molar-refractivity contribution in [1.29, 1.82) is 0 Å². The second-order valence-electron chi connectivity index (χ2n) is 4.68. The number of ether oxygens (including phenoxy) is 1. The predicted molar refractivity (Wildman–Crippen MR) is 74.2 cm³/mol. The van der Waals surface area contributed by atoms with Gasteiger partial charge in [0, 0.05) is 6.04 Å². The predicted octanol–water partition coefficient (Wildman–Crippen LogP) is 4.44. The average molecular weight is 239 g/mol. The molecule has 1 saturated carbocycles. The van der Waals surface area contributed by atoms with Crippen molar-refractivity contribution in [1.82, 2.24) is 0 Å². The van der Waals surface area contributed by atoms with Crippen LogP contribution < -0.4 is 10.1 Å². The van der Waals surface area contributed by atoms with Gasteiger partial charge in [0.2, 0.25) is 0 Å². The highest BCUT2D eigenvalue weighted by Crippen LogP contribution is 2.32. The number of para-hydroxylation sites is 3. The van der Waals surface area contributed by atoms with E-state index in [0.29, 0.717) is 6.04 Å². The average Bonchev–Trinajstić information content (AvgIpc) is 2.37. The van der Waals surface area contributed by atoms with E-state index in [2.05, 4.69) is 11.4 Å². The van der Waals surface area contributed by atoms with Crippen molar-refractivity contribution in [2.24, 2.45) is 0 Å². The standard InChI is InChI=1S/C16H17NO/c1-2-9-14(10-3-1)18-16-12-5-4-11-15(16)17-13-7-6-8-13/h1-5,9-13,17H,6-8H2. The SMILES string of the molecule is c1ccc(Oc2ccccc2NC2CCC2)cc1. The van der Waals surface area contributed by atoms with Crippen LogP contribution in [-0.2, 0) is 0 Å². The molecule has 2 aromatic carbocycles. The summed E-state index contributed by atoms with van der Waals surface area (Å²) in [5, 5.41) is 3.54. The number of hydrogen-bond donors (Lipinski definition) is 1. The summed E-state index contributed by atoms with van der Waals surface area (Å²) >= 11 is 0. The van der Waals surface area contributed by atoms with Gasteiger partial charge in [-0.25, -0.2) is 0 Å². The first-order valence-electron chi connectivity index (χ1n) is 6.50. The highest BCUT2D eigenvalue weighted by molar-refractivity contribution is 5.58. The Kier molecular flexibility index (Phi) is 3.18. The third-order valence-corrected chi connectivity index (χ3v) is 3.32. The molecule has 0 aromatic heterocycles. The quantitative estimate of drug-likeness (QED) is 0.851. The molecule has 0 unspecified atom stereocenters. The Morgan fingerprint density at radius 3 is 2.33 bits per heavy atom. The van der Waals surface area contributed by atoms with E-state index in [1.54, 1.807) is 0 Å². The van der Waals surface area contributed by atoms with Crippen LogP contribution in [-0.4, -0.2) is 6.04 Å². The fraction of sp³-hybridized carbons (Fsp3) is 0.250. The third kappa shape index (κ3) is 2.48. The summed E-state index contributed by atoms with van der Waals surface area (Å²) in [6, 6.07) is 18.7. The Bertz CT molecular complexity index is 506. The minimum absolute atomic E-state index is 0.616. The molecule has 0 bridgehead atoms. The van der Waals surface area contributed by atoms with Gasteiger partial charge in [-0.05, 0) is 43.5 Å². The molecule has 1 N–H and O–H groups in total. The summed E-state index contributed by atoms with van der Waals surface area (Å²) < 4.78 is 5.92. The molecule has 1 aliphatic rings. The number of nitrogens with one attached hydrogen (secondary N) is 1. The van der Waals surface area contributed by atoms with Gasteiger partial charge in [0.05, 0.1) is 5.69 Å². The van der Waals surface area contributed by atoms with Gasteiger partial charge in [-0.1, -0.05) is 30.3 Å². The molecule has 0 saturated heterocycles. The van der Waals surface area contributed by atoms with E-state index in [-0.39, 0.29) is 0 Å². The lowest BCUT2D eigenvalue weighted by atomic mass is 9.93. The van der Waals surface area contributed by atoms with Crippen LogP contribution in [0.25, 0.3) is 0 Å². The minimum Gasteiger partial charge on any atom is -0.455 e. The Hall–Kier alpha value is -1.96. The largest absolute Gasteiger partial charge is 0.455 e. The number of benzene rings is 2. The smallest absolute Gasteiger partial charge is 0.150 e. The van der Waals surface area contributed by atoms with E-state index in [9.17, 15) is 0 Å². The molecule has 0 aliphatic heterocycles. The lowest BCUT2D eigenvalue weighted by Gasteiger charge is -2.28. The van der Waals surface area contributed by atoms with E-state index in [0.717, 1.165) is 17.2 Å². The maximum absolute atomic E-state index is 5.92. The van der Waals surface area contributed by atoms with Crippen LogP contribution >= 0.6 is 0 Å². The van der Waals surface area contributed by atoms with Gasteiger partial charge in [-0.2, -0.15) is 0 Å². The number of rotatable bonds is 4. The first-order chi connectivity index (χ1) is 8.92. The monoisotopic (exact) mass is 239 g/mol. The summed E-state index contributed by atoms with van der Waals surface area (Å²) in [7, 11) is 0. The zero-order chi connectivity index (χ0) is 12.2. The zero-order valence-corrected chi connectivity index (χ0v) is 10.3. The molecule has 2 nitrogen and oxygen atoms in total. The van der Waals surface area contributed by atoms with Gasteiger partial charge >= 0.3 is 0 Å². The van der Waals surface area contributed by atoms with Crippen LogP contribution in [0.3, 0.4) is 0 Å². The zero-order valence-electron chi connectivity index (χ0n) is 10.3. The molecule has 2 heteroatoms. The highest BCUT2D eigenvalue weighted by atomic mass is 16.5.